The quantitative estimate of drug-likeness (QED) is 0.847. The van der Waals surface area contributed by atoms with Crippen LogP contribution in [0.4, 0.5) is 0 Å². The van der Waals surface area contributed by atoms with Crippen LogP contribution in [0.3, 0.4) is 0 Å². The summed E-state index contributed by atoms with van der Waals surface area (Å²) in [4.78, 5) is 11.7. The van der Waals surface area contributed by atoms with E-state index < -0.39 is 0 Å². The van der Waals surface area contributed by atoms with Gasteiger partial charge in [0, 0.05) is 12.6 Å². The molecule has 0 heterocycles. The van der Waals surface area contributed by atoms with Gasteiger partial charge in [-0.2, -0.15) is 0 Å². The van der Waals surface area contributed by atoms with E-state index in [-0.39, 0.29) is 11.9 Å². The van der Waals surface area contributed by atoms with Gasteiger partial charge in [-0.05, 0) is 18.1 Å². The van der Waals surface area contributed by atoms with Crippen molar-refractivity contribution in [1.29, 1.82) is 0 Å². The molecule has 4 heteroatoms. The molecular weight excluding hydrogens is 224 g/mol. The first-order valence-electron chi connectivity index (χ1n) is 5.30. The zero-order valence-corrected chi connectivity index (χ0v) is 10.3. The summed E-state index contributed by atoms with van der Waals surface area (Å²) in [6.45, 7) is 4.50. The fraction of sp³-hybridized carbons (Fsp3) is 0.417. The maximum atomic E-state index is 11.7. The third kappa shape index (κ3) is 3.51. The van der Waals surface area contributed by atoms with Gasteiger partial charge in [-0.1, -0.05) is 37.6 Å². The molecular formula is C12H17ClN2O. The molecule has 3 N–H and O–H groups in total. The van der Waals surface area contributed by atoms with Crippen molar-refractivity contribution >= 4 is 17.5 Å². The Morgan fingerprint density at radius 3 is 2.62 bits per heavy atom. The third-order valence-corrected chi connectivity index (χ3v) is 2.80. The number of halogens is 1. The highest BCUT2D eigenvalue weighted by Crippen LogP contribution is 2.14. The smallest absolute Gasteiger partial charge is 0.252 e. The van der Waals surface area contributed by atoms with Gasteiger partial charge in [-0.3, -0.25) is 4.79 Å². The molecule has 88 valence electrons. The summed E-state index contributed by atoms with van der Waals surface area (Å²) >= 11 is 5.90. The SMILES string of the molecule is CC(C)[C@@H](N)CNC(=O)c1ccccc1Cl. The van der Waals surface area contributed by atoms with Gasteiger partial charge in [-0.15, -0.1) is 0 Å². The normalized spacial score (nSPS) is 12.6. The molecule has 0 aliphatic heterocycles. The lowest BCUT2D eigenvalue weighted by Gasteiger charge is -2.16. The molecule has 0 radical (unpaired) electrons. The van der Waals surface area contributed by atoms with Crippen LogP contribution in [0.15, 0.2) is 24.3 Å². The minimum absolute atomic E-state index is 0.0357. The lowest BCUT2D eigenvalue weighted by atomic mass is 10.1. The second-order valence-electron chi connectivity index (χ2n) is 4.10. The number of nitrogens with one attached hydrogen (secondary N) is 1. The van der Waals surface area contributed by atoms with Crippen LogP contribution in [0.5, 0.6) is 0 Å². The largest absolute Gasteiger partial charge is 0.350 e. The molecule has 1 aromatic rings. The number of hydrogen-bond acceptors (Lipinski definition) is 2. The Morgan fingerprint density at radius 1 is 1.44 bits per heavy atom. The molecule has 3 nitrogen and oxygen atoms in total. The van der Waals surface area contributed by atoms with Crippen molar-refractivity contribution in [3.05, 3.63) is 34.9 Å². The fourth-order valence-corrected chi connectivity index (χ4v) is 1.41. The van der Waals surface area contributed by atoms with Crippen LogP contribution >= 0.6 is 11.6 Å². The Balaban J connectivity index is 2.57. The molecule has 0 unspecified atom stereocenters. The van der Waals surface area contributed by atoms with Crippen molar-refractivity contribution in [1.82, 2.24) is 5.32 Å². The van der Waals surface area contributed by atoms with E-state index in [9.17, 15) is 4.79 Å². The molecule has 16 heavy (non-hydrogen) atoms. The lowest BCUT2D eigenvalue weighted by Crippen LogP contribution is -2.40. The van der Waals surface area contributed by atoms with E-state index in [2.05, 4.69) is 5.32 Å². The van der Waals surface area contributed by atoms with E-state index in [1.54, 1.807) is 24.3 Å². The number of amides is 1. The Morgan fingerprint density at radius 2 is 2.06 bits per heavy atom. The molecule has 1 amide bonds. The molecule has 0 aliphatic rings. The molecule has 1 aromatic carbocycles. The first-order valence-corrected chi connectivity index (χ1v) is 5.68. The van der Waals surface area contributed by atoms with Gasteiger partial charge in [0.1, 0.15) is 0 Å². The van der Waals surface area contributed by atoms with Crippen LogP contribution in [-0.2, 0) is 0 Å². The minimum atomic E-state index is -0.179. The highest BCUT2D eigenvalue weighted by atomic mass is 35.5. The van der Waals surface area contributed by atoms with Crippen LogP contribution < -0.4 is 11.1 Å². The Bertz CT molecular complexity index is 366. The average molecular weight is 241 g/mol. The van der Waals surface area contributed by atoms with Gasteiger partial charge in [0.2, 0.25) is 0 Å². The number of rotatable bonds is 4. The summed E-state index contributed by atoms with van der Waals surface area (Å²) in [5.74, 6) is 0.160. The lowest BCUT2D eigenvalue weighted by molar-refractivity contribution is 0.0949. The van der Waals surface area contributed by atoms with Gasteiger partial charge in [0.05, 0.1) is 10.6 Å². The van der Waals surface area contributed by atoms with E-state index in [4.69, 9.17) is 17.3 Å². The van der Waals surface area contributed by atoms with Crippen molar-refractivity contribution in [3.8, 4) is 0 Å². The number of carbonyl (C=O) groups is 1. The number of nitrogens with two attached hydrogens (primary N) is 1. The standard InChI is InChI=1S/C12H17ClN2O/c1-8(2)11(14)7-15-12(16)9-5-3-4-6-10(9)13/h3-6,8,11H,7,14H2,1-2H3,(H,15,16)/t11-/m0/s1. The van der Waals surface area contributed by atoms with Crippen LogP contribution in [0.25, 0.3) is 0 Å². The van der Waals surface area contributed by atoms with E-state index in [1.807, 2.05) is 13.8 Å². The molecule has 0 bridgehead atoms. The molecule has 1 rings (SSSR count). The molecule has 0 fully saturated rings. The summed E-state index contributed by atoms with van der Waals surface area (Å²) in [6.07, 6.45) is 0. The summed E-state index contributed by atoms with van der Waals surface area (Å²) in [5, 5.41) is 3.23. The number of hydrogen-bond donors (Lipinski definition) is 2. The van der Waals surface area contributed by atoms with E-state index in [0.717, 1.165) is 0 Å². The van der Waals surface area contributed by atoms with Crippen LogP contribution in [0.2, 0.25) is 5.02 Å². The first kappa shape index (κ1) is 13.0. The van der Waals surface area contributed by atoms with E-state index in [0.29, 0.717) is 23.0 Å². The van der Waals surface area contributed by atoms with E-state index >= 15 is 0 Å². The average Bonchev–Trinajstić information content (AvgIpc) is 2.25. The van der Waals surface area contributed by atoms with Crippen molar-refractivity contribution in [2.75, 3.05) is 6.54 Å². The van der Waals surface area contributed by atoms with Gasteiger partial charge in [0.15, 0.2) is 0 Å². The highest BCUT2D eigenvalue weighted by Gasteiger charge is 2.12. The second kappa shape index (κ2) is 5.87. The molecule has 0 aliphatic carbocycles. The van der Waals surface area contributed by atoms with Gasteiger partial charge >= 0.3 is 0 Å². The Kier molecular flexibility index (Phi) is 4.77. The maximum Gasteiger partial charge on any atom is 0.252 e. The molecule has 0 spiro atoms. The number of benzene rings is 1. The Hall–Kier alpha value is -1.06. The number of carbonyl (C=O) groups excluding carboxylic acids is 1. The van der Waals surface area contributed by atoms with Gasteiger partial charge in [0.25, 0.3) is 5.91 Å². The summed E-state index contributed by atoms with van der Waals surface area (Å²) < 4.78 is 0. The third-order valence-electron chi connectivity index (χ3n) is 2.47. The van der Waals surface area contributed by atoms with E-state index in [1.165, 1.54) is 0 Å². The monoisotopic (exact) mass is 240 g/mol. The zero-order valence-electron chi connectivity index (χ0n) is 9.53. The summed E-state index contributed by atoms with van der Waals surface area (Å²) in [5.41, 5.74) is 6.32. The van der Waals surface area contributed by atoms with Gasteiger partial charge in [-0.25, -0.2) is 0 Å². The summed E-state index contributed by atoms with van der Waals surface area (Å²) in [7, 11) is 0. The minimum Gasteiger partial charge on any atom is -0.350 e. The first-order chi connectivity index (χ1) is 7.52. The van der Waals surface area contributed by atoms with Crippen LogP contribution in [-0.4, -0.2) is 18.5 Å². The molecule has 0 saturated carbocycles. The zero-order chi connectivity index (χ0) is 12.1. The van der Waals surface area contributed by atoms with Crippen molar-refractivity contribution in [2.45, 2.75) is 19.9 Å². The van der Waals surface area contributed by atoms with Crippen molar-refractivity contribution < 1.29 is 4.79 Å². The Labute approximate surface area is 101 Å². The van der Waals surface area contributed by atoms with Crippen LogP contribution in [0, 0.1) is 5.92 Å². The van der Waals surface area contributed by atoms with Crippen LogP contribution in [0.1, 0.15) is 24.2 Å². The van der Waals surface area contributed by atoms with Gasteiger partial charge < -0.3 is 11.1 Å². The fourth-order valence-electron chi connectivity index (χ4n) is 1.19. The molecule has 0 aromatic heterocycles. The molecule has 0 saturated heterocycles. The highest BCUT2D eigenvalue weighted by molar-refractivity contribution is 6.33. The second-order valence-corrected chi connectivity index (χ2v) is 4.50. The topological polar surface area (TPSA) is 55.1 Å². The van der Waals surface area contributed by atoms with Crippen molar-refractivity contribution in [3.63, 3.8) is 0 Å². The van der Waals surface area contributed by atoms with Crippen molar-refractivity contribution in [2.24, 2.45) is 11.7 Å². The maximum absolute atomic E-state index is 11.7. The molecule has 1 atom stereocenters. The predicted octanol–water partition coefficient (Wildman–Crippen LogP) is 2.05. The predicted molar refractivity (Wildman–Crippen MR) is 66.6 cm³/mol. The summed E-state index contributed by atoms with van der Waals surface area (Å²) in [6, 6.07) is 6.92.